The van der Waals surface area contributed by atoms with Gasteiger partial charge in [0.25, 0.3) is 46.3 Å². The fourth-order valence-corrected chi connectivity index (χ4v) is 5.17. The first kappa shape index (κ1) is 70.5. The van der Waals surface area contributed by atoms with Crippen LogP contribution < -0.4 is 63.3 Å². The van der Waals surface area contributed by atoms with Crippen molar-refractivity contribution in [3.63, 3.8) is 0 Å². The number of nitrogens with one attached hydrogen (secondary N) is 3. The van der Waals surface area contributed by atoms with E-state index in [4.69, 9.17) is 44.2 Å². The average Bonchev–Trinajstić information content (AvgIpc) is 4.20. The van der Waals surface area contributed by atoms with Crippen LogP contribution in [0.15, 0.2) is 130 Å². The molecule has 0 aliphatic heterocycles. The van der Waals surface area contributed by atoms with E-state index >= 15 is 0 Å². The standard InChI is InChI=1S/C10H11N3O5.C10H9N3O4.C10H11N3O2.C10H11NO5.C8H9N3O4.H4N2.H2O/c1-7(14)11-6-10(15)12-18-9-4-2-8(3-5-9)13(16)17;1-7-11-12-10(17-7)6-16-9-4-2-8(3-5-9)13(14)15;1-7-12-13-10(15-7)6-14-9-4-2-8(11)3-5-9;1-2-15-10(12)7-16-9-5-3-8(4-6-9)11(13)14;9-10-8(12)5-15-7-3-1-6(2-4-7)11(13)14;1-2;/h2-5H,6H2,1H3,(H,11,14)(H,12,15);2-5H,6H2,1H3;2-5H,6,11H2,1H3;3-6H,2,7H2,1H3;1-4H,5,9H2,(H,10,12);1-2H2;1H2. The Labute approximate surface area is 474 Å². The van der Waals surface area contributed by atoms with Crippen LogP contribution in [0.4, 0.5) is 28.4 Å². The molecule has 7 rings (SSSR count). The molecular weight excluding hydrogens is 1120 g/mol. The number of hydrogen-bond acceptors (Lipinski definition) is 28. The maximum Gasteiger partial charge on any atom is 0.344 e. The molecule has 0 unspecified atom stereocenters. The number of non-ortho nitro benzene ring substituents is 4. The number of hydrazine groups is 2. The molecule has 2 aromatic heterocycles. The number of anilines is 1. The maximum absolute atomic E-state index is 11.1. The predicted molar refractivity (Wildman–Crippen MR) is 289 cm³/mol. The first-order chi connectivity index (χ1) is 39.6. The van der Waals surface area contributed by atoms with Crippen molar-refractivity contribution in [3.05, 3.63) is 185 Å². The molecule has 0 bridgehead atoms. The van der Waals surface area contributed by atoms with Gasteiger partial charge in [-0.3, -0.25) is 72.0 Å². The summed E-state index contributed by atoms with van der Waals surface area (Å²) in [6, 6.07) is 28.9. The van der Waals surface area contributed by atoms with Gasteiger partial charge in [0.1, 0.15) is 23.0 Å². The van der Waals surface area contributed by atoms with Gasteiger partial charge in [-0.2, -0.15) is 5.48 Å². The van der Waals surface area contributed by atoms with Crippen LogP contribution in [-0.4, -0.2) is 95.6 Å². The Balaban J connectivity index is 0.000000520. The van der Waals surface area contributed by atoms with Crippen LogP contribution >= 0.6 is 0 Å². The highest BCUT2D eigenvalue weighted by atomic mass is 16.7. The van der Waals surface area contributed by atoms with Crippen molar-refractivity contribution in [1.82, 2.24) is 36.6 Å². The lowest BCUT2D eigenvalue weighted by Gasteiger charge is -2.06. The van der Waals surface area contributed by atoms with Crippen molar-refractivity contribution in [2.24, 2.45) is 17.5 Å². The van der Waals surface area contributed by atoms with Crippen molar-refractivity contribution >= 4 is 52.1 Å². The number of esters is 1. The molecule has 0 atom stereocenters. The normalized spacial score (nSPS) is 9.46. The molecule has 36 heteroatoms. The van der Waals surface area contributed by atoms with Gasteiger partial charge in [-0.1, -0.05) is 0 Å². The molecule has 0 aliphatic rings. The molecule has 450 valence electrons. The van der Waals surface area contributed by atoms with E-state index in [2.05, 4.69) is 47.6 Å². The molecule has 0 fully saturated rings. The molecule has 0 radical (unpaired) electrons. The Bertz CT molecular complexity index is 3130. The minimum Gasteiger partial charge on any atom is -0.484 e. The van der Waals surface area contributed by atoms with Crippen LogP contribution in [0.25, 0.3) is 0 Å². The SMILES string of the molecule is CC(=O)NCC(=O)NOc1ccc([N+](=O)[O-])cc1.CCOC(=O)COc1ccc([N+](=O)[O-])cc1.Cc1nnc(COc2ccc(N)cc2)o1.Cc1nnc(COc2ccc([N+](=O)[O-])cc2)o1.NN.NNC(=O)COc1ccc([N+](=O)[O-])cc1.O. The number of ether oxygens (including phenoxy) is 5. The van der Waals surface area contributed by atoms with E-state index in [0.29, 0.717) is 53.1 Å². The fourth-order valence-electron chi connectivity index (χ4n) is 5.17. The third-order valence-corrected chi connectivity index (χ3v) is 8.90. The van der Waals surface area contributed by atoms with E-state index in [9.17, 15) is 59.6 Å². The predicted octanol–water partition coefficient (Wildman–Crippen LogP) is 3.04. The van der Waals surface area contributed by atoms with Crippen LogP contribution in [0.3, 0.4) is 0 Å². The number of aromatic nitrogens is 4. The Kier molecular flexibility index (Phi) is 32.7. The van der Waals surface area contributed by atoms with Gasteiger partial charge < -0.3 is 53.9 Å². The van der Waals surface area contributed by atoms with Gasteiger partial charge >= 0.3 is 5.97 Å². The second-order valence-corrected chi connectivity index (χ2v) is 15.1. The number of nitro groups is 4. The van der Waals surface area contributed by atoms with E-state index < -0.39 is 37.5 Å². The number of hydroxylamine groups is 1. The summed E-state index contributed by atoms with van der Waals surface area (Å²) in [5.41, 5.74) is 10.1. The molecule has 0 saturated carbocycles. The Morgan fingerprint density at radius 2 is 0.881 bits per heavy atom. The average molecular weight is 1180 g/mol. The van der Waals surface area contributed by atoms with Crippen LogP contribution in [0.1, 0.15) is 37.4 Å². The molecule has 3 amide bonds. The second-order valence-electron chi connectivity index (χ2n) is 15.1. The van der Waals surface area contributed by atoms with Gasteiger partial charge in [0.2, 0.25) is 17.7 Å². The summed E-state index contributed by atoms with van der Waals surface area (Å²) in [6.45, 7) is 6.46. The van der Waals surface area contributed by atoms with E-state index in [1.165, 1.54) is 104 Å². The summed E-state index contributed by atoms with van der Waals surface area (Å²) in [7, 11) is 0. The van der Waals surface area contributed by atoms with Gasteiger partial charge in [-0.25, -0.2) is 10.6 Å². The number of rotatable bonds is 21. The Morgan fingerprint density at radius 1 is 0.536 bits per heavy atom. The summed E-state index contributed by atoms with van der Waals surface area (Å²) < 4.78 is 35.7. The number of nitrogens with two attached hydrogens (primary N) is 4. The molecule has 13 N–H and O–H groups in total. The monoisotopic (exact) mass is 1180 g/mol. The highest BCUT2D eigenvalue weighted by Gasteiger charge is 2.11. The van der Waals surface area contributed by atoms with Gasteiger partial charge in [0.05, 0.1) is 32.8 Å². The number of amides is 3. The number of benzene rings is 5. The second kappa shape index (κ2) is 39.0. The number of aryl methyl sites for hydroxylation is 2. The van der Waals surface area contributed by atoms with Crippen molar-refractivity contribution in [1.29, 1.82) is 0 Å². The first-order valence-electron chi connectivity index (χ1n) is 23.3. The minimum atomic E-state index is -0.543. The smallest absolute Gasteiger partial charge is 0.344 e. The zero-order valence-electron chi connectivity index (χ0n) is 44.8. The third kappa shape index (κ3) is 29.5. The number of nitro benzene ring substituents is 4. The molecule has 0 saturated heterocycles. The molecule has 84 heavy (non-hydrogen) atoms. The molecule has 5 aromatic carbocycles. The molecule has 0 aliphatic carbocycles. The number of nitrogens with zero attached hydrogens (tertiary/aromatic N) is 8. The van der Waals surface area contributed by atoms with Crippen molar-refractivity contribution < 1.29 is 81.7 Å². The number of hydrogen-bond donors (Lipinski definition) is 7. The summed E-state index contributed by atoms with van der Waals surface area (Å²) in [6.07, 6.45) is 0. The molecule has 36 nitrogen and oxygen atoms in total. The molecule has 7 aromatic rings. The largest absolute Gasteiger partial charge is 0.484 e. The van der Waals surface area contributed by atoms with Crippen LogP contribution in [0, 0.1) is 54.3 Å². The third-order valence-electron chi connectivity index (χ3n) is 8.90. The lowest BCUT2D eigenvalue weighted by atomic mass is 10.3. The van der Waals surface area contributed by atoms with Crippen molar-refractivity contribution in [2.45, 2.75) is 40.9 Å². The van der Waals surface area contributed by atoms with Crippen molar-refractivity contribution in [3.8, 4) is 28.7 Å². The van der Waals surface area contributed by atoms with Gasteiger partial charge in [0.15, 0.2) is 32.2 Å². The van der Waals surface area contributed by atoms with Gasteiger partial charge in [-0.15, -0.1) is 20.4 Å². The zero-order valence-corrected chi connectivity index (χ0v) is 44.8. The Morgan fingerprint density at radius 3 is 1.20 bits per heavy atom. The van der Waals surface area contributed by atoms with E-state index in [1.54, 1.807) is 45.0 Å². The van der Waals surface area contributed by atoms with E-state index in [0.717, 1.165) is 5.75 Å². The highest BCUT2D eigenvalue weighted by molar-refractivity contribution is 5.83. The summed E-state index contributed by atoms with van der Waals surface area (Å²) >= 11 is 0. The summed E-state index contributed by atoms with van der Waals surface area (Å²) in [4.78, 5) is 87.6. The topological polar surface area (TPSA) is 546 Å². The molecular formula is C48H57N15O21. The first-order valence-corrected chi connectivity index (χ1v) is 23.3. The zero-order chi connectivity index (χ0) is 61.7. The van der Waals surface area contributed by atoms with Crippen LogP contribution in [-0.2, 0) is 37.1 Å². The van der Waals surface area contributed by atoms with E-state index in [1.807, 2.05) is 5.43 Å². The van der Waals surface area contributed by atoms with Crippen LogP contribution in [0.2, 0.25) is 0 Å². The van der Waals surface area contributed by atoms with E-state index in [-0.39, 0.29) is 72.9 Å². The molecule has 0 spiro atoms. The Hall–Kier alpha value is -11.5. The maximum atomic E-state index is 11.1. The fraction of sp³-hybridized carbons (Fsp3) is 0.208. The lowest BCUT2D eigenvalue weighted by Crippen LogP contribution is -2.37. The van der Waals surface area contributed by atoms with Crippen molar-refractivity contribution in [2.75, 3.05) is 32.1 Å². The number of nitrogen functional groups attached to an aromatic ring is 1. The lowest BCUT2D eigenvalue weighted by molar-refractivity contribution is -0.385. The number of carbonyl (C=O) groups is 4. The summed E-state index contributed by atoms with van der Waals surface area (Å²) in [5, 5.41) is 58.7. The van der Waals surface area contributed by atoms with Gasteiger partial charge in [0, 0.05) is 75.0 Å². The number of carbonyl (C=O) groups excluding carboxylic acids is 4. The quantitative estimate of drug-likeness (QED) is 0.0136. The van der Waals surface area contributed by atoms with Crippen LogP contribution in [0.5, 0.6) is 28.7 Å². The minimum absolute atomic E-state index is 0. The van der Waals surface area contributed by atoms with Gasteiger partial charge in [-0.05, 0) is 79.7 Å². The molecule has 2 heterocycles. The summed E-state index contributed by atoms with van der Waals surface area (Å²) in [5.74, 6) is 15.1. The highest BCUT2D eigenvalue weighted by Crippen LogP contribution is 2.21.